The van der Waals surface area contributed by atoms with Gasteiger partial charge in [0.05, 0.1) is 19.7 Å². The Bertz CT molecular complexity index is 257. The molecule has 18 heavy (non-hydrogen) atoms. The molecule has 0 aliphatic carbocycles. The first-order valence-electron chi connectivity index (χ1n) is 6.65. The van der Waals surface area contributed by atoms with E-state index >= 15 is 0 Å². The Balaban J connectivity index is 4.30. The number of hydrogen-bond acceptors (Lipinski definition) is 4. The molecule has 0 aromatic carbocycles. The highest BCUT2D eigenvalue weighted by Crippen LogP contribution is 2.02. The maximum atomic E-state index is 11.9. The van der Waals surface area contributed by atoms with Crippen LogP contribution in [-0.4, -0.2) is 49.6 Å². The van der Waals surface area contributed by atoms with Crippen LogP contribution in [0.25, 0.3) is 0 Å². The van der Waals surface area contributed by atoms with E-state index in [4.69, 9.17) is 0 Å². The highest BCUT2D eigenvalue weighted by molar-refractivity contribution is 5.82. The third kappa shape index (κ3) is 6.59. The largest absolute Gasteiger partial charge is 0.468 e. The standard InChI is InChI=1S/C13H26N2O3/c1-5-7-8-14-13(17)11(3)15(9-6-2)10-12(16)18-4/h11H,5-10H2,1-4H3,(H,14,17). The first-order chi connectivity index (χ1) is 8.56. The third-order valence-corrected chi connectivity index (χ3v) is 2.83. The molecule has 0 rings (SSSR count). The van der Waals surface area contributed by atoms with Crippen LogP contribution < -0.4 is 5.32 Å². The van der Waals surface area contributed by atoms with Crippen LogP contribution in [0.4, 0.5) is 0 Å². The minimum atomic E-state index is -0.309. The lowest BCUT2D eigenvalue weighted by Crippen LogP contribution is -2.47. The Kier molecular flexibility index (Phi) is 9.28. The lowest BCUT2D eigenvalue weighted by atomic mass is 10.2. The molecular formula is C13H26N2O3. The van der Waals surface area contributed by atoms with Crippen LogP contribution in [-0.2, 0) is 14.3 Å². The number of hydrogen-bond donors (Lipinski definition) is 1. The zero-order valence-electron chi connectivity index (χ0n) is 12.0. The van der Waals surface area contributed by atoms with E-state index in [-0.39, 0.29) is 24.5 Å². The molecular weight excluding hydrogens is 232 g/mol. The van der Waals surface area contributed by atoms with Gasteiger partial charge in [-0.3, -0.25) is 14.5 Å². The summed E-state index contributed by atoms with van der Waals surface area (Å²) in [5, 5.41) is 2.88. The van der Waals surface area contributed by atoms with Crippen molar-refractivity contribution in [2.45, 2.75) is 46.1 Å². The van der Waals surface area contributed by atoms with E-state index in [2.05, 4.69) is 17.0 Å². The monoisotopic (exact) mass is 258 g/mol. The van der Waals surface area contributed by atoms with Gasteiger partial charge in [-0.05, 0) is 26.3 Å². The van der Waals surface area contributed by atoms with Gasteiger partial charge in [0.15, 0.2) is 0 Å². The molecule has 1 amide bonds. The summed E-state index contributed by atoms with van der Waals surface area (Å²) in [6.07, 6.45) is 2.92. The molecule has 0 spiro atoms. The molecule has 5 heteroatoms. The van der Waals surface area contributed by atoms with Crippen molar-refractivity contribution in [1.29, 1.82) is 0 Å². The summed E-state index contributed by atoms with van der Waals surface area (Å²) in [7, 11) is 1.36. The van der Waals surface area contributed by atoms with Gasteiger partial charge in [0.2, 0.25) is 5.91 Å². The second-order valence-corrected chi connectivity index (χ2v) is 4.37. The Morgan fingerprint density at radius 3 is 2.44 bits per heavy atom. The van der Waals surface area contributed by atoms with E-state index in [1.807, 2.05) is 18.7 Å². The molecule has 0 saturated heterocycles. The highest BCUT2D eigenvalue weighted by atomic mass is 16.5. The summed E-state index contributed by atoms with van der Waals surface area (Å²) in [6, 6.07) is -0.305. The van der Waals surface area contributed by atoms with Crippen LogP contribution in [0.3, 0.4) is 0 Å². The van der Waals surface area contributed by atoms with E-state index in [1.54, 1.807) is 0 Å². The van der Waals surface area contributed by atoms with Gasteiger partial charge >= 0.3 is 5.97 Å². The molecule has 1 unspecified atom stereocenters. The molecule has 106 valence electrons. The van der Waals surface area contributed by atoms with Crippen molar-refractivity contribution in [3.8, 4) is 0 Å². The van der Waals surface area contributed by atoms with E-state index < -0.39 is 0 Å². The fourth-order valence-electron chi connectivity index (χ4n) is 1.63. The Hall–Kier alpha value is -1.10. The number of rotatable bonds is 9. The van der Waals surface area contributed by atoms with Gasteiger partial charge in [0.25, 0.3) is 0 Å². The van der Waals surface area contributed by atoms with Crippen molar-refractivity contribution in [2.24, 2.45) is 0 Å². The van der Waals surface area contributed by atoms with Crippen molar-refractivity contribution >= 4 is 11.9 Å². The molecule has 0 radical (unpaired) electrons. The quantitative estimate of drug-likeness (QED) is 0.498. The second-order valence-electron chi connectivity index (χ2n) is 4.37. The van der Waals surface area contributed by atoms with Gasteiger partial charge in [-0.1, -0.05) is 20.3 Å². The number of nitrogens with zero attached hydrogens (tertiary/aromatic N) is 1. The minimum Gasteiger partial charge on any atom is -0.468 e. The molecule has 0 aliphatic rings. The van der Waals surface area contributed by atoms with Crippen molar-refractivity contribution in [1.82, 2.24) is 10.2 Å². The van der Waals surface area contributed by atoms with Crippen molar-refractivity contribution in [2.75, 3.05) is 26.7 Å². The lowest BCUT2D eigenvalue weighted by Gasteiger charge is -2.26. The molecule has 0 aromatic heterocycles. The Labute approximate surface area is 110 Å². The van der Waals surface area contributed by atoms with Gasteiger partial charge in [-0.25, -0.2) is 0 Å². The van der Waals surface area contributed by atoms with Gasteiger partial charge in [0, 0.05) is 6.54 Å². The second kappa shape index (κ2) is 9.88. The third-order valence-electron chi connectivity index (χ3n) is 2.83. The van der Waals surface area contributed by atoms with Crippen LogP contribution in [0.15, 0.2) is 0 Å². The minimum absolute atomic E-state index is 0.0270. The van der Waals surface area contributed by atoms with Gasteiger partial charge in [0.1, 0.15) is 0 Å². The number of esters is 1. The van der Waals surface area contributed by atoms with Crippen molar-refractivity contribution < 1.29 is 14.3 Å². The predicted octanol–water partition coefficient (Wildman–Crippen LogP) is 1.18. The molecule has 0 saturated carbocycles. The zero-order chi connectivity index (χ0) is 14.0. The van der Waals surface area contributed by atoms with Crippen LogP contribution in [0.2, 0.25) is 0 Å². The summed E-state index contributed by atoms with van der Waals surface area (Å²) < 4.78 is 4.64. The molecule has 0 heterocycles. The SMILES string of the molecule is CCCCNC(=O)C(C)N(CCC)CC(=O)OC. The number of amides is 1. The van der Waals surface area contributed by atoms with E-state index in [9.17, 15) is 9.59 Å². The summed E-state index contributed by atoms with van der Waals surface area (Å²) in [5.41, 5.74) is 0. The lowest BCUT2D eigenvalue weighted by molar-refractivity contribution is -0.143. The maximum Gasteiger partial charge on any atom is 0.319 e. The topological polar surface area (TPSA) is 58.6 Å². The fraction of sp³-hybridized carbons (Fsp3) is 0.846. The first-order valence-corrected chi connectivity index (χ1v) is 6.65. The average Bonchev–Trinajstić information content (AvgIpc) is 2.37. The maximum absolute atomic E-state index is 11.9. The molecule has 5 nitrogen and oxygen atoms in total. The number of ether oxygens (including phenoxy) is 1. The van der Waals surface area contributed by atoms with Crippen molar-refractivity contribution in [3.05, 3.63) is 0 Å². The molecule has 0 fully saturated rings. The summed E-state index contributed by atoms with van der Waals surface area (Å²) in [4.78, 5) is 25.0. The van der Waals surface area contributed by atoms with Crippen molar-refractivity contribution in [3.63, 3.8) is 0 Å². The fourth-order valence-corrected chi connectivity index (χ4v) is 1.63. The molecule has 1 atom stereocenters. The number of carbonyl (C=O) groups is 2. The summed E-state index contributed by atoms with van der Waals surface area (Å²) in [5.74, 6) is -0.336. The number of unbranched alkanes of at least 4 members (excludes halogenated alkanes) is 1. The van der Waals surface area contributed by atoms with E-state index in [0.29, 0.717) is 13.1 Å². The van der Waals surface area contributed by atoms with Gasteiger partial charge < -0.3 is 10.1 Å². The number of methoxy groups -OCH3 is 1. The number of nitrogens with one attached hydrogen (secondary N) is 1. The normalized spacial score (nSPS) is 12.3. The Morgan fingerprint density at radius 1 is 1.28 bits per heavy atom. The highest BCUT2D eigenvalue weighted by Gasteiger charge is 2.22. The van der Waals surface area contributed by atoms with Crippen LogP contribution in [0, 0.1) is 0 Å². The van der Waals surface area contributed by atoms with Crippen LogP contribution in [0.1, 0.15) is 40.0 Å². The zero-order valence-corrected chi connectivity index (χ0v) is 12.0. The smallest absolute Gasteiger partial charge is 0.319 e. The van der Waals surface area contributed by atoms with Crippen LogP contribution in [0.5, 0.6) is 0 Å². The predicted molar refractivity (Wildman–Crippen MR) is 71.3 cm³/mol. The molecule has 0 aromatic rings. The Morgan fingerprint density at radius 2 is 1.94 bits per heavy atom. The van der Waals surface area contributed by atoms with E-state index in [1.165, 1.54) is 7.11 Å². The van der Waals surface area contributed by atoms with Gasteiger partial charge in [-0.15, -0.1) is 0 Å². The van der Waals surface area contributed by atoms with E-state index in [0.717, 1.165) is 19.3 Å². The molecule has 1 N–H and O–H groups in total. The summed E-state index contributed by atoms with van der Waals surface area (Å²) >= 11 is 0. The number of carbonyl (C=O) groups excluding carboxylic acids is 2. The van der Waals surface area contributed by atoms with Gasteiger partial charge in [-0.2, -0.15) is 0 Å². The first kappa shape index (κ1) is 16.9. The molecule has 0 aliphatic heterocycles. The average molecular weight is 258 g/mol. The molecule has 0 bridgehead atoms. The van der Waals surface area contributed by atoms with Crippen LogP contribution >= 0.6 is 0 Å². The summed E-state index contributed by atoms with van der Waals surface area (Å²) in [6.45, 7) is 7.48.